The molecule has 0 aliphatic heterocycles. The van der Waals surface area contributed by atoms with E-state index in [9.17, 15) is 4.79 Å². The predicted octanol–water partition coefficient (Wildman–Crippen LogP) is 4.59. The van der Waals surface area contributed by atoms with Gasteiger partial charge in [-0.3, -0.25) is 4.99 Å². The fraction of sp³-hybridized carbons (Fsp3) is 0.241. The summed E-state index contributed by atoms with van der Waals surface area (Å²) in [5.41, 5.74) is 5.99. The molecule has 5 rings (SSSR count). The van der Waals surface area contributed by atoms with Crippen molar-refractivity contribution >= 4 is 16.9 Å². The molecule has 0 spiro atoms. The van der Waals surface area contributed by atoms with Gasteiger partial charge in [0.2, 0.25) is 5.82 Å². The number of methoxy groups -OCH3 is 1. The standard InChI is InChI=1S/C29H29N7O2/c1-4-5-13-25-31-24-12-8-11-23(29(37)38-3)26(24)28(30-2)36(25)18-19-14-16-20(17-15-19)21-9-6-7-10-22(21)27-32-34-35-33-27/h6-12,14-17H,4-5,13,18H2,1-3H3,(H,32,33,34,35). The third-order valence-corrected chi connectivity index (χ3v) is 6.57. The van der Waals surface area contributed by atoms with Gasteiger partial charge in [-0.25, -0.2) is 9.78 Å². The molecule has 2 aromatic heterocycles. The summed E-state index contributed by atoms with van der Waals surface area (Å²) in [5.74, 6) is 1.09. The number of aromatic amines is 1. The number of tetrazole rings is 1. The summed E-state index contributed by atoms with van der Waals surface area (Å²) < 4.78 is 7.17. The summed E-state index contributed by atoms with van der Waals surface area (Å²) in [7, 11) is 3.14. The Hall–Kier alpha value is -4.66. The van der Waals surface area contributed by atoms with Gasteiger partial charge in [0.05, 0.1) is 30.1 Å². The molecule has 0 unspecified atom stereocenters. The molecule has 0 aliphatic carbocycles. The van der Waals surface area contributed by atoms with Gasteiger partial charge in [-0.1, -0.05) is 67.9 Å². The molecule has 9 heteroatoms. The van der Waals surface area contributed by atoms with Gasteiger partial charge in [0, 0.05) is 19.0 Å². The second kappa shape index (κ2) is 11.2. The van der Waals surface area contributed by atoms with Crippen LogP contribution in [0.4, 0.5) is 0 Å². The summed E-state index contributed by atoms with van der Waals surface area (Å²) in [6.07, 6.45) is 2.87. The minimum Gasteiger partial charge on any atom is -0.465 e. The fourth-order valence-electron chi connectivity index (χ4n) is 4.71. The van der Waals surface area contributed by atoms with Crippen molar-refractivity contribution in [3.63, 3.8) is 0 Å². The van der Waals surface area contributed by atoms with Crippen molar-refractivity contribution < 1.29 is 9.53 Å². The highest BCUT2D eigenvalue weighted by Gasteiger charge is 2.17. The molecule has 3 aromatic carbocycles. The van der Waals surface area contributed by atoms with Crippen molar-refractivity contribution in [1.82, 2.24) is 30.2 Å². The molecule has 192 valence electrons. The molecular weight excluding hydrogens is 478 g/mol. The number of hydrogen-bond donors (Lipinski definition) is 1. The number of carbonyl (C=O) groups excluding carboxylic acids is 1. The van der Waals surface area contributed by atoms with Gasteiger partial charge in [0.25, 0.3) is 0 Å². The number of nitrogens with zero attached hydrogens (tertiary/aromatic N) is 6. The number of hydrogen-bond acceptors (Lipinski definition) is 7. The normalized spacial score (nSPS) is 11.7. The number of fused-ring (bicyclic) bond motifs is 1. The summed E-state index contributed by atoms with van der Waals surface area (Å²) in [5, 5.41) is 15.2. The Morgan fingerprint density at radius 1 is 1.03 bits per heavy atom. The van der Waals surface area contributed by atoms with Gasteiger partial charge >= 0.3 is 5.97 Å². The van der Waals surface area contributed by atoms with Crippen LogP contribution >= 0.6 is 0 Å². The number of carbonyl (C=O) groups is 1. The number of H-pyrrole nitrogens is 1. The van der Waals surface area contributed by atoms with Crippen LogP contribution in [0.2, 0.25) is 0 Å². The van der Waals surface area contributed by atoms with Crippen molar-refractivity contribution in [2.45, 2.75) is 32.7 Å². The Morgan fingerprint density at radius 2 is 1.82 bits per heavy atom. The van der Waals surface area contributed by atoms with E-state index in [0.717, 1.165) is 52.9 Å². The van der Waals surface area contributed by atoms with E-state index in [-0.39, 0.29) is 0 Å². The maximum absolute atomic E-state index is 12.6. The third kappa shape index (κ3) is 4.82. The monoisotopic (exact) mass is 507 g/mol. The lowest BCUT2D eigenvalue weighted by atomic mass is 9.98. The number of nitrogens with one attached hydrogen (secondary N) is 1. The zero-order valence-corrected chi connectivity index (χ0v) is 21.7. The Kier molecular flexibility index (Phi) is 7.35. The van der Waals surface area contributed by atoms with Gasteiger partial charge in [-0.2, -0.15) is 5.21 Å². The van der Waals surface area contributed by atoms with Gasteiger partial charge < -0.3 is 9.30 Å². The van der Waals surface area contributed by atoms with E-state index in [2.05, 4.69) is 61.4 Å². The minimum atomic E-state index is -0.403. The van der Waals surface area contributed by atoms with Crippen molar-refractivity contribution in [2.24, 2.45) is 4.99 Å². The van der Waals surface area contributed by atoms with Crippen LogP contribution in [0.3, 0.4) is 0 Å². The van der Waals surface area contributed by atoms with Crippen molar-refractivity contribution in [3.05, 3.63) is 89.2 Å². The van der Waals surface area contributed by atoms with Crippen LogP contribution in [0, 0.1) is 0 Å². The number of esters is 1. The molecule has 0 bridgehead atoms. The number of benzene rings is 3. The summed E-state index contributed by atoms with van der Waals surface area (Å²) >= 11 is 0. The molecule has 0 saturated carbocycles. The first-order valence-electron chi connectivity index (χ1n) is 12.6. The first-order chi connectivity index (χ1) is 18.6. The van der Waals surface area contributed by atoms with E-state index < -0.39 is 5.97 Å². The van der Waals surface area contributed by atoms with Crippen LogP contribution < -0.4 is 5.49 Å². The van der Waals surface area contributed by atoms with Crippen molar-refractivity contribution in [1.29, 1.82) is 0 Å². The minimum absolute atomic E-state index is 0.403. The average Bonchev–Trinajstić information content (AvgIpc) is 3.51. The lowest BCUT2D eigenvalue weighted by molar-refractivity contribution is 0.0603. The van der Waals surface area contributed by atoms with Gasteiger partial charge in [0.1, 0.15) is 11.3 Å². The molecule has 0 amide bonds. The molecule has 0 aliphatic rings. The van der Waals surface area contributed by atoms with Crippen molar-refractivity contribution in [2.75, 3.05) is 14.2 Å². The second-order valence-electron chi connectivity index (χ2n) is 8.93. The molecule has 9 nitrogen and oxygen atoms in total. The first kappa shape index (κ1) is 25.0. The Morgan fingerprint density at radius 3 is 2.50 bits per heavy atom. The summed E-state index contributed by atoms with van der Waals surface area (Å²) in [6.45, 7) is 2.73. The zero-order chi connectivity index (χ0) is 26.5. The Labute approximate surface area is 220 Å². The first-order valence-corrected chi connectivity index (χ1v) is 12.6. The Bertz CT molecular complexity index is 1640. The number of unbranched alkanes of at least 4 members (excludes halogenated alkanes) is 1. The fourth-order valence-corrected chi connectivity index (χ4v) is 4.71. The van der Waals surface area contributed by atoms with Gasteiger partial charge in [0.15, 0.2) is 0 Å². The van der Waals surface area contributed by atoms with E-state index in [0.29, 0.717) is 28.8 Å². The van der Waals surface area contributed by atoms with Gasteiger partial charge in [-0.05, 0) is 40.5 Å². The van der Waals surface area contributed by atoms with E-state index in [1.54, 1.807) is 13.1 Å². The van der Waals surface area contributed by atoms with E-state index in [1.165, 1.54) is 7.11 Å². The SMILES string of the molecule is CCCCc1nc2cccc(C(=O)OC)c2c(=NC)n1Cc1ccc(-c2ccccc2-c2nn[nH]n2)cc1. The van der Waals surface area contributed by atoms with Crippen LogP contribution in [0.5, 0.6) is 0 Å². The Balaban J connectivity index is 1.58. The average molecular weight is 508 g/mol. The van der Waals surface area contributed by atoms with Crippen LogP contribution in [0.25, 0.3) is 33.4 Å². The molecule has 0 atom stereocenters. The van der Waals surface area contributed by atoms with Gasteiger partial charge in [-0.15, -0.1) is 10.2 Å². The van der Waals surface area contributed by atoms with Crippen LogP contribution in [-0.4, -0.2) is 50.3 Å². The number of ether oxygens (including phenoxy) is 1. The molecule has 1 N–H and O–H groups in total. The lowest BCUT2D eigenvalue weighted by Gasteiger charge is -2.17. The maximum Gasteiger partial charge on any atom is 0.338 e. The van der Waals surface area contributed by atoms with Crippen LogP contribution in [0.15, 0.2) is 71.7 Å². The zero-order valence-electron chi connectivity index (χ0n) is 21.7. The highest BCUT2D eigenvalue weighted by atomic mass is 16.5. The molecular formula is C29H29N7O2. The topological polar surface area (TPSA) is 111 Å². The third-order valence-electron chi connectivity index (χ3n) is 6.57. The molecule has 5 aromatic rings. The number of rotatable bonds is 8. The second-order valence-corrected chi connectivity index (χ2v) is 8.93. The van der Waals surface area contributed by atoms with E-state index >= 15 is 0 Å². The summed E-state index contributed by atoms with van der Waals surface area (Å²) in [4.78, 5) is 22.2. The van der Waals surface area contributed by atoms with Crippen LogP contribution in [0.1, 0.15) is 41.5 Å². The molecule has 0 radical (unpaired) electrons. The summed E-state index contributed by atoms with van der Waals surface area (Å²) in [6, 6.07) is 21.9. The molecule has 2 heterocycles. The number of aromatic nitrogens is 6. The molecule has 0 saturated heterocycles. The van der Waals surface area contributed by atoms with E-state index in [1.807, 2.05) is 36.4 Å². The smallest absolute Gasteiger partial charge is 0.338 e. The molecule has 0 fully saturated rings. The van der Waals surface area contributed by atoms with Crippen LogP contribution in [-0.2, 0) is 17.7 Å². The lowest BCUT2D eigenvalue weighted by Crippen LogP contribution is -2.28. The van der Waals surface area contributed by atoms with Crippen molar-refractivity contribution in [3.8, 4) is 22.5 Å². The highest BCUT2D eigenvalue weighted by Crippen LogP contribution is 2.30. The quantitative estimate of drug-likeness (QED) is 0.308. The predicted molar refractivity (Wildman–Crippen MR) is 145 cm³/mol. The highest BCUT2D eigenvalue weighted by molar-refractivity contribution is 6.03. The van der Waals surface area contributed by atoms with E-state index in [4.69, 9.17) is 9.72 Å². The maximum atomic E-state index is 12.6. The largest absolute Gasteiger partial charge is 0.465 e. The molecule has 38 heavy (non-hydrogen) atoms. The number of aryl methyl sites for hydroxylation is 1.